The molecule has 5 nitrogen and oxygen atoms in total. The average molecular weight is 245 g/mol. The van der Waals surface area contributed by atoms with Gasteiger partial charge >= 0.3 is 0 Å². The van der Waals surface area contributed by atoms with Gasteiger partial charge in [0.15, 0.2) is 12.1 Å². The lowest BCUT2D eigenvalue weighted by molar-refractivity contribution is 0.0734. The van der Waals surface area contributed by atoms with Crippen molar-refractivity contribution in [3.63, 3.8) is 0 Å². The summed E-state index contributed by atoms with van der Waals surface area (Å²) in [7, 11) is 0. The molecule has 2 heterocycles. The lowest BCUT2D eigenvalue weighted by atomic mass is 10.1. The van der Waals surface area contributed by atoms with Crippen LogP contribution in [-0.2, 0) is 5.60 Å². The summed E-state index contributed by atoms with van der Waals surface area (Å²) in [4.78, 5) is 15.1. The van der Waals surface area contributed by atoms with Crippen molar-refractivity contribution in [2.45, 2.75) is 26.4 Å². The van der Waals surface area contributed by atoms with Crippen LogP contribution in [0.2, 0.25) is 0 Å². The molecule has 2 aromatic rings. The molecule has 94 valence electrons. The first-order valence-corrected chi connectivity index (χ1v) is 5.62. The van der Waals surface area contributed by atoms with Crippen molar-refractivity contribution in [1.29, 1.82) is 0 Å². The van der Waals surface area contributed by atoms with Crippen LogP contribution in [0.4, 0.5) is 0 Å². The van der Waals surface area contributed by atoms with Crippen LogP contribution in [0.5, 0.6) is 0 Å². The van der Waals surface area contributed by atoms with Gasteiger partial charge in [0, 0.05) is 18.0 Å². The number of nitrogens with zero attached hydrogens (tertiary/aromatic N) is 3. The number of aromatic nitrogens is 3. The second-order valence-corrected chi connectivity index (χ2v) is 4.72. The summed E-state index contributed by atoms with van der Waals surface area (Å²) in [6.07, 6.45) is 4.13. The molecule has 2 aromatic heterocycles. The molecule has 0 fully saturated rings. The highest BCUT2D eigenvalue weighted by Gasteiger charge is 2.19. The number of carbonyl (C=O) groups is 1. The molecular formula is C13H15N3O2. The third kappa shape index (κ3) is 2.31. The van der Waals surface area contributed by atoms with Crippen molar-refractivity contribution in [1.82, 2.24) is 14.8 Å². The minimum atomic E-state index is -0.997. The van der Waals surface area contributed by atoms with Crippen molar-refractivity contribution in [3.8, 4) is 5.82 Å². The Morgan fingerprint density at radius 2 is 2.17 bits per heavy atom. The fraction of sp³-hybridized carbons (Fsp3) is 0.308. The number of aryl methyl sites for hydroxylation is 1. The minimum Gasteiger partial charge on any atom is -0.384 e. The van der Waals surface area contributed by atoms with Crippen LogP contribution in [0, 0.1) is 6.92 Å². The Bertz CT molecular complexity index is 582. The highest BCUT2D eigenvalue weighted by Crippen LogP contribution is 2.18. The lowest BCUT2D eigenvalue weighted by Gasteiger charge is -2.13. The summed E-state index contributed by atoms with van der Waals surface area (Å²) in [5.74, 6) is 0.554. The molecule has 0 aromatic carbocycles. The first kappa shape index (κ1) is 12.4. The zero-order chi connectivity index (χ0) is 13.3. The van der Waals surface area contributed by atoms with Crippen molar-refractivity contribution >= 4 is 6.29 Å². The van der Waals surface area contributed by atoms with Crippen molar-refractivity contribution in [2.24, 2.45) is 0 Å². The summed E-state index contributed by atoms with van der Waals surface area (Å²) in [6.45, 7) is 5.16. The molecule has 0 aliphatic carbocycles. The fourth-order valence-electron chi connectivity index (χ4n) is 1.56. The summed E-state index contributed by atoms with van der Waals surface area (Å²) in [5, 5.41) is 14.1. The molecule has 0 saturated heterocycles. The van der Waals surface area contributed by atoms with E-state index in [1.54, 1.807) is 43.1 Å². The van der Waals surface area contributed by atoms with Gasteiger partial charge < -0.3 is 5.11 Å². The highest BCUT2D eigenvalue weighted by molar-refractivity contribution is 5.77. The summed E-state index contributed by atoms with van der Waals surface area (Å²) in [5.41, 5.74) is 0.963. The molecule has 0 amide bonds. The van der Waals surface area contributed by atoms with Crippen LogP contribution in [0.25, 0.3) is 5.82 Å². The van der Waals surface area contributed by atoms with Crippen molar-refractivity contribution < 1.29 is 9.90 Å². The van der Waals surface area contributed by atoms with Crippen LogP contribution >= 0.6 is 0 Å². The van der Waals surface area contributed by atoms with E-state index in [0.717, 1.165) is 11.8 Å². The molecule has 0 radical (unpaired) electrons. The van der Waals surface area contributed by atoms with E-state index in [2.05, 4.69) is 10.1 Å². The normalized spacial score (nSPS) is 11.6. The molecule has 0 aliphatic heterocycles. The van der Waals surface area contributed by atoms with Gasteiger partial charge in [0.2, 0.25) is 0 Å². The zero-order valence-corrected chi connectivity index (χ0v) is 10.6. The molecular weight excluding hydrogens is 230 g/mol. The number of aldehydes is 1. The second kappa shape index (κ2) is 4.34. The van der Waals surface area contributed by atoms with E-state index in [9.17, 15) is 9.90 Å². The Balaban J connectivity index is 2.43. The van der Waals surface area contributed by atoms with Crippen molar-refractivity contribution in [2.75, 3.05) is 0 Å². The minimum absolute atomic E-state index is 0.553. The molecule has 18 heavy (non-hydrogen) atoms. The quantitative estimate of drug-likeness (QED) is 0.834. The van der Waals surface area contributed by atoms with Gasteiger partial charge in [0.25, 0.3) is 0 Å². The van der Waals surface area contributed by atoms with Crippen LogP contribution in [0.3, 0.4) is 0 Å². The van der Waals surface area contributed by atoms with Gasteiger partial charge in [-0.1, -0.05) is 0 Å². The number of pyridine rings is 1. The maximum absolute atomic E-state index is 10.9. The van der Waals surface area contributed by atoms with Crippen LogP contribution in [0.15, 0.2) is 24.5 Å². The van der Waals surface area contributed by atoms with Gasteiger partial charge in [-0.25, -0.2) is 9.67 Å². The SMILES string of the molecule is Cc1cnc(-n2ccc(C(C)(C)O)n2)cc1C=O. The number of aliphatic hydroxyl groups is 1. The summed E-state index contributed by atoms with van der Waals surface area (Å²) in [6, 6.07) is 3.39. The molecule has 0 unspecified atom stereocenters. The third-order valence-corrected chi connectivity index (χ3v) is 2.71. The Kier molecular flexibility index (Phi) is 3.00. The molecule has 0 bridgehead atoms. The van der Waals surface area contributed by atoms with E-state index in [0.29, 0.717) is 17.1 Å². The maximum atomic E-state index is 10.9. The molecule has 0 spiro atoms. The monoisotopic (exact) mass is 245 g/mol. The Hall–Kier alpha value is -2.01. The maximum Gasteiger partial charge on any atom is 0.153 e. The van der Waals surface area contributed by atoms with Gasteiger partial charge in [-0.15, -0.1) is 0 Å². The van der Waals surface area contributed by atoms with E-state index >= 15 is 0 Å². The summed E-state index contributed by atoms with van der Waals surface area (Å²) >= 11 is 0. The predicted molar refractivity (Wildman–Crippen MR) is 66.7 cm³/mol. The van der Waals surface area contributed by atoms with Gasteiger partial charge in [-0.2, -0.15) is 5.10 Å². The number of hydrogen-bond donors (Lipinski definition) is 1. The van der Waals surface area contributed by atoms with Gasteiger partial charge in [0.1, 0.15) is 5.60 Å². The molecule has 5 heteroatoms. The van der Waals surface area contributed by atoms with Gasteiger partial charge in [-0.05, 0) is 38.5 Å². The van der Waals surface area contributed by atoms with Crippen molar-refractivity contribution in [3.05, 3.63) is 41.3 Å². The fourth-order valence-corrected chi connectivity index (χ4v) is 1.56. The first-order valence-electron chi connectivity index (χ1n) is 5.62. The second-order valence-electron chi connectivity index (χ2n) is 4.72. The first-order chi connectivity index (χ1) is 8.41. The number of rotatable bonds is 3. The zero-order valence-electron chi connectivity index (χ0n) is 10.6. The van der Waals surface area contributed by atoms with Gasteiger partial charge in [0.05, 0.1) is 5.69 Å². The van der Waals surface area contributed by atoms with Gasteiger partial charge in [-0.3, -0.25) is 4.79 Å². The van der Waals surface area contributed by atoms with E-state index < -0.39 is 5.60 Å². The molecule has 0 atom stereocenters. The van der Waals surface area contributed by atoms with Crippen LogP contribution in [0.1, 0.15) is 35.5 Å². The topological polar surface area (TPSA) is 68.0 Å². The Morgan fingerprint density at radius 1 is 1.44 bits per heavy atom. The van der Waals surface area contributed by atoms with E-state index in [1.165, 1.54) is 0 Å². The van der Waals surface area contributed by atoms with E-state index in [-0.39, 0.29) is 0 Å². The number of carbonyl (C=O) groups excluding carboxylic acids is 1. The molecule has 2 rings (SSSR count). The standard InChI is InChI=1S/C13H15N3O2/c1-9-7-14-12(6-10(9)8-17)16-5-4-11(15-16)13(2,3)18/h4-8,18H,1-3H3. The Morgan fingerprint density at radius 3 is 2.72 bits per heavy atom. The summed E-state index contributed by atoms with van der Waals surface area (Å²) < 4.78 is 1.54. The van der Waals surface area contributed by atoms with Crippen LogP contribution in [-0.4, -0.2) is 26.2 Å². The molecule has 0 aliphatic rings. The largest absolute Gasteiger partial charge is 0.384 e. The molecule has 1 N–H and O–H groups in total. The predicted octanol–water partition coefficient (Wildman–Crippen LogP) is 1.62. The lowest BCUT2D eigenvalue weighted by Crippen LogP contribution is -2.16. The third-order valence-electron chi connectivity index (χ3n) is 2.71. The molecule has 0 saturated carbocycles. The highest BCUT2D eigenvalue weighted by atomic mass is 16.3. The van der Waals surface area contributed by atoms with E-state index in [1.807, 2.05) is 6.92 Å². The van der Waals surface area contributed by atoms with Crippen LogP contribution < -0.4 is 0 Å². The Labute approximate surface area is 105 Å². The van der Waals surface area contributed by atoms with E-state index in [4.69, 9.17) is 0 Å². The average Bonchev–Trinajstić information content (AvgIpc) is 2.78. The smallest absolute Gasteiger partial charge is 0.153 e. The number of hydrogen-bond acceptors (Lipinski definition) is 4.